The molecule has 0 aliphatic rings. The molecular weight excluding hydrogens is 411 g/mol. The molecule has 4 aromatic rings. The number of aromatic nitrogens is 2. The van der Waals surface area contributed by atoms with Crippen molar-refractivity contribution in [1.29, 1.82) is 0 Å². The van der Waals surface area contributed by atoms with Crippen LogP contribution >= 0.6 is 0 Å². The fraction of sp³-hybridized carbons (Fsp3) is 0.143. The summed E-state index contributed by atoms with van der Waals surface area (Å²) in [6.45, 7) is 1.45. The average molecular weight is 428 g/mol. The maximum absolute atomic E-state index is 13.9. The number of sulfone groups is 1. The van der Waals surface area contributed by atoms with Crippen LogP contribution in [0.4, 0.5) is 4.39 Å². The van der Waals surface area contributed by atoms with Crippen LogP contribution in [-0.2, 0) is 27.6 Å². The highest BCUT2D eigenvalue weighted by Crippen LogP contribution is 2.30. The van der Waals surface area contributed by atoms with E-state index in [1.54, 1.807) is 29.7 Å². The van der Waals surface area contributed by atoms with E-state index in [-0.39, 0.29) is 23.6 Å². The summed E-state index contributed by atoms with van der Waals surface area (Å²) in [6, 6.07) is 11.9. The minimum Gasteiger partial charge on any atom is -0.480 e. The molecule has 2 aromatic carbocycles. The van der Waals surface area contributed by atoms with Gasteiger partial charge in [-0.2, -0.15) is 0 Å². The molecule has 0 atom stereocenters. The van der Waals surface area contributed by atoms with Crippen molar-refractivity contribution < 1.29 is 27.1 Å². The molecule has 2 heterocycles. The highest BCUT2D eigenvalue weighted by Gasteiger charge is 2.25. The van der Waals surface area contributed by atoms with Gasteiger partial charge in [0.05, 0.1) is 11.1 Å². The summed E-state index contributed by atoms with van der Waals surface area (Å²) in [7, 11) is -3.90. The van der Waals surface area contributed by atoms with E-state index in [1.165, 1.54) is 36.5 Å². The number of benzene rings is 2. The first kappa shape index (κ1) is 19.8. The second-order valence-corrected chi connectivity index (χ2v) is 8.62. The maximum atomic E-state index is 13.9. The lowest BCUT2D eigenvalue weighted by Crippen LogP contribution is -2.10. The zero-order chi connectivity index (χ0) is 21.5. The van der Waals surface area contributed by atoms with E-state index in [9.17, 15) is 22.7 Å². The van der Waals surface area contributed by atoms with Crippen molar-refractivity contribution in [3.8, 4) is 0 Å². The fourth-order valence-electron chi connectivity index (χ4n) is 3.46. The second-order valence-electron chi connectivity index (χ2n) is 6.79. The predicted molar refractivity (Wildman–Crippen MR) is 105 cm³/mol. The highest BCUT2D eigenvalue weighted by atomic mass is 32.2. The Bertz CT molecular complexity index is 1360. The summed E-state index contributed by atoms with van der Waals surface area (Å²) in [4.78, 5) is 15.2. The molecule has 7 nitrogen and oxygen atoms in total. The van der Waals surface area contributed by atoms with Gasteiger partial charge in [0, 0.05) is 23.0 Å². The van der Waals surface area contributed by atoms with Gasteiger partial charge in [-0.1, -0.05) is 18.2 Å². The lowest BCUT2D eigenvalue weighted by Gasteiger charge is -2.05. The van der Waals surface area contributed by atoms with E-state index < -0.39 is 26.8 Å². The van der Waals surface area contributed by atoms with Crippen LogP contribution in [0.25, 0.3) is 10.9 Å². The summed E-state index contributed by atoms with van der Waals surface area (Å²) < 4.78 is 46.3. The van der Waals surface area contributed by atoms with Gasteiger partial charge in [0.25, 0.3) is 9.84 Å². The largest absolute Gasteiger partial charge is 0.480 e. The molecule has 0 aliphatic carbocycles. The summed E-state index contributed by atoms with van der Waals surface area (Å²) in [6.07, 6.45) is 1.45. The van der Waals surface area contributed by atoms with Crippen molar-refractivity contribution in [2.24, 2.45) is 0 Å². The molecule has 0 fully saturated rings. The standard InChI is InChI=1S/C21H17FN2O5S/c1-13-17(18-9-14(22)7-8-19(18)24(13)12-20(25)26)10-15-11-23-21(29-15)30(27,28)16-5-3-2-4-6-16/h2-9,11H,10,12H2,1H3,(H,25,26). The quantitative estimate of drug-likeness (QED) is 0.504. The Hall–Kier alpha value is -3.46. The van der Waals surface area contributed by atoms with Gasteiger partial charge in [-0.05, 0) is 42.8 Å². The number of aliphatic carboxylic acids is 1. The minimum atomic E-state index is -3.90. The number of halogens is 1. The van der Waals surface area contributed by atoms with Gasteiger partial charge in [-0.25, -0.2) is 17.8 Å². The molecule has 9 heteroatoms. The molecule has 1 N–H and O–H groups in total. The van der Waals surface area contributed by atoms with Gasteiger partial charge < -0.3 is 14.1 Å². The number of carboxylic acid groups (broad SMARTS) is 1. The lowest BCUT2D eigenvalue weighted by molar-refractivity contribution is -0.137. The zero-order valence-corrected chi connectivity index (χ0v) is 16.7. The van der Waals surface area contributed by atoms with Crippen LogP contribution in [0.3, 0.4) is 0 Å². The van der Waals surface area contributed by atoms with Gasteiger partial charge >= 0.3 is 11.2 Å². The molecule has 0 bridgehead atoms. The first-order valence-electron chi connectivity index (χ1n) is 9.01. The fourth-order valence-corrected chi connectivity index (χ4v) is 4.58. The first-order valence-corrected chi connectivity index (χ1v) is 10.5. The SMILES string of the molecule is Cc1c(Cc2cnc(S(=O)(=O)c3ccccc3)o2)c2cc(F)ccc2n1CC(=O)O. The summed E-state index contributed by atoms with van der Waals surface area (Å²) in [5.74, 6) is -1.21. The number of hydrogen-bond acceptors (Lipinski definition) is 5. The second kappa shape index (κ2) is 7.42. The Labute approximate surface area is 171 Å². The predicted octanol–water partition coefficient (Wildman–Crippen LogP) is 3.59. The monoisotopic (exact) mass is 428 g/mol. The number of nitrogens with zero attached hydrogens (tertiary/aromatic N) is 2. The molecule has 0 amide bonds. The van der Waals surface area contributed by atoms with E-state index >= 15 is 0 Å². The van der Waals surface area contributed by atoms with Gasteiger partial charge in [0.15, 0.2) is 0 Å². The van der Waals surface area contributed by atoms with Gasteiger partial charge in [-0.3, -0.25) is 4.79 Å². The zero-order valence-electron chi connectivity index (χ0n) is 15.9. The molecule has 0 aliphatic heterocycles. The van der Waals surface area contributed by atoms with Crippen molar-refractivity contribution in [3.05, 3.63) is 77.6 Å². The third-order valence-electron chi connectivity index (χ3n) is 4.88. The van der Waals surface area contributed by atoms with Gasteiger partial charge in [0.2, 0.25) is 0 Å². The number of oxazole rings is 1. The molecule has 4 rings (SSSR count). The van der Waals surface area contributed by atoms with E-state index in [0.717, 1.165) is 0 Å². The molecule has 0 spiro atoms. The van der Waals surface area contributed by atoms with Crippen molar-refractivity contribution in [3.63, 3.8) is 0 Å². The molecule has 0 saturated carbocycles. The molecule has 30 heavy (non-hydrogen) atoms. The molecule has 154 valence electrons. The third kappa shape index (κ3) is 3.48. The first-order chi connectivity index (χ1) is 14.3. The Morgan fingerprint density at radius 2 is 1.93 bits per heavy atom. The highest BCUT2D eigenvalue weighted by molar-refractivity contribution is 7.91. The van der Waals surface area contributed by atoms with Crippen LogP contribution in [-0.4, -0.2) is 29.0 Å². The van der Waals surface area contributed by atoms with Crippen molar-refractivity contribution in [1.82, 2.24) is 9.55 Å². The Morgan fingerprint density at radius 1 is 1.20 bits per heavy atom. The number of carboxylic acids is 1. The smallest absolute Gasteiger partial charge is 0.323 e. The van der Waals surface area contributed by atoms with Gasteiger partial charge in [-0.15, -0.1) is 0 Å². The number of fused-ring (bicyclic) bond motifs is 1. The Kier molecular flexibility index (Phi) is 4.90. The molecule has 2 aromatic heterocycles. The molecule has 0 unspecified atom stereocenters. The van der Waals surface area contributed by atoms with Crippen LogP contribution in [0.5, 0.6) is 0 Å². The Morgan fingerprint density at radius 3 is 2.63 bits per heavy atom. The van der Waals surface area contributed by atoms with Crippen LogP contribution in [0.1, 0.15) is 17.0 Å². The topological polar surface area (TPSA) is 102 Å². The lowest BCUT2D eigenvalue weighted by atomic mass is 10.1. The van der Waals surface area contributed by atoms with E-state index in [1.807, 2.05) is 0 Å². The van der Waals surface area contributed by atoms with E-state index in [2.05, 4.69) is 4.98 Å². The van der Waals surface area contributed by atoms with Crippen molar-refractivity contribution in [2.45, 2.75) is 30.0 Å². The van der Waals surface area contributed by atoms with Crippen molar-refractivity contribution >= 4 is 26.7 Å². The number of carbonyl (C=O) groups is 1. The maximum Gasteiger partial charge on any atom is 0.323 e. The van der Waals surface area contributed by atoms with Crippen LogP contribution < -0.4 is 0 Å². The minimum absolute atomic E-state index is 0.0645. The van der Waals surface area contributed by atoms with E-state index in [0.29, 0.717) is 22.2 Å². The molecule has 0 radical (unpaired) electrons. The number of hydrogen-bond donors (Lipinski definition) is 1. The summed E-state index contributed by atoms with van der Waals surface area (Å²) in [5.41, 5.74) is 1.84. The summed E-state index contributed by atoms with van der Waals surface area (Å²) >= 11 is 0. The van der Waals surface area contributed by atoms with Crippen LogP contribution in [0.15, 0.2) is 69.3 Å². The molecule has 0 saturated heterocycles. The normalized spacial score (nSPS) is 11.8. The Balaban J connectivity index is 1.75. The van der Waals surface area contributed by atoms with Crippen LogP contribution in [0.2, 0.25) is 0 Å². The van der Waals surface area contributed by atoms with Crippen molar-refractivity contribution in [2.75, 3.05) is 0 Å². The van der Waals surface area contributed by atoms with E-state index in [4.69, 9.17) is 4.42 Å². The van der Waals surface area contributed by atoms with Crippen LogP contribution in [0, 0.1) is 12.7 Å². The van der Waals surface area contributed by atoms with Gasteiger partial charge in [0.1, 0.15) is 18.1 Å². The summed E-state index contributed by atoms with van der Waals surface area (Å²) in [5, 5.41) is 9.33. The number of rotatable bonds is 6. The average Bonchev–Trinajstić information content (AvgIpc) is 3.28. The molecular formula is C21H17FN2O5S. The third-order valence-corrected chi connectivity index (χ3v) is 6.42.